The molecule has 3 N–H and O–H groups in total. The number of carbonyl (C=O) groups excluding carboxylic acids is 2. The molecule has 0 spiro atoms. The minimum absolute atomic E-state index is 0.0490. The van der Waals surface area contributed by atoms with Crippen LogP contribution in [0.2, 0.25) is 0 Å². The summed E-state index contributed by atoms with van der Waals surface area (Å²) in [5.41, 5.74) is 0.547. The fourth-order valence-electron chi connectivity index (χ4n) is 4.09. The number of nitrogens with one attached hydrogen (secondary N) is 2. The Morgan fingerprint density at radius 2 is 1.87 bits per heavy atom. The van der Waals surface area contributed by atoms with Crippen molar-refractivity contribution in [2.24, 2.45) is 5.92 Å². The summed E-state index contributed by atoms with van der Waals surface area (Å²) in [4.78, 5) is 27.2. The summed E-state index contributed by atoms with van der Waals surface area (Å²) in [5.74, 6) is -1.02. The summed E-state index contributed by atoms with van der Waals surface area (Å²) < 4.78 is 46.9. The molecule has 3 amide bonds. The van der Waals surface area contributed by atoms with Crippen LogP contribution in [-0.4, -0.2) is 79.6 Å². The number of aliphatic hydroxyl groups excluding tert-OH is 1. The van der Waals surface area contributed by atoms with Crippen LogP contribution in [0.15, 0.2) is 47.4 Å². The number of anilines is 1. The molecular formula is C26H35FN4O6S. The maximum Gasteiger partial charge on any atom is 0.319 e. The number of halogens is 1. The lowest BCUT2D eigenvalue weighted by Crippen LogP contribution is -2.50. The van der Waals surface area contributed by atoms with Gasteiger partial charge in [-0.3, -0.25) is 4.79 Å². The zero-order chi connectivity index (χ0) is 28.2. The molecule has 0 saturated heterocycles. The molecule has 2 aromatic carbocycles. The Morgan fingerprint density at radius 1 is 1.21 bits per heavy atom. The van der Waals surface area contributed by atoms with Crippen molar-refractivity contribution < 1.29 is 32.2 Å². The quantitative estimate of drug-likeness (QED) is 0.464. The highest BCUT2D eigenvalue weighted by Crippen LogP contribution is 2.31. The number of aliphatic hydroxyl groups is 1. The van der Waals surface area contributed by atoms with Crippen molar-refractivity contribution in [3.8, 4) is 5.75 Å². The molecule has 0 saturated carbocycles. The SMILES string of the molecule is CC(C)NC(=O)Nc1ccc2c(c1)C(=O)N(C(C)CO)CC(C)C(CN(C)S(=O)(=O)c1ccc(F)cc1)O2. The van der Waals surface area contributed by atoms with Crippen molar-refractivity contribution in [2.75, 3.05) is 32.1 Å². The summed E-state index contributed by atoms with van der Waals surface area (Å²) >= 11 is 0. The number of ether oxygens (including phenoxy) is 1. The fourth-order valence-corrected chi connectivity index (χ4v) is 5.27. The van der Waals surface area contributed by atoms with Gasteiger partial charge in [-0.05, 0) is 63.2 Å². The first-order valence-electron chi connectivity index (χ1n) is 12.4. The van der Waals surface area contributed by atoms with E-state index in [1.165, 1.54) is 30.1 Å². The van der Waals surface area contributed by atoms with E-state index in [-0.39, 0.29) is 53.8 Å². The van der Waals surface area contributed by atoms with Gasteiger partial charge in [0.05, 0.1) is 29.7 Å². The van der Waals surface area contributed by atoms with Crippen molar-refractivity contribution in [2.45, 2.75) is 50.8 Å². The number of urea groups is 1. The third-order valence-electron chi connectivity index (χ3n) is 6.30. The average Bonchev–Trinajstić information content (AvgIpc) is 2.85. The molecular weight excluding hydrogens is 515 g/mol. The van der Waals surface area contributed by atoms with Crippen molar-refractivity contribution in [3.63, 3.8) is 0 Å². The van der Waals surface area contributed by atoms with Crippen molar-refractivity contribution in [1.82, 2.24) is 14.5 Å². The normalized spacial score (nSPS) is 18.9. The summed E-state index contributed by atoms with van der Waals surface area (Å²) in [6.07, 6.45) is -0.668. The van der Waals surface area contributed by atoms with Crippen LogP contribution in [0.1, 0.15) is 38.1 Å². The number of benzene rings is 2. The number of amides is 3. The first-order chi connectivity index (χ1) is 17.8. The Morgan fingerprint density at radius 3 is 2.47 bits per heavy atom. The summed E-state index contributed by atoms with van der Waals surface area (Å²) in [5, 5.41) is 15.2. The Kier molecular flexibility index (Phi) is 9.34. The second-order valence-corrected chi connectivity index (χ2v) is 11.9. The molecule has 10 nitrogen and oxygen atoms in total. The molecule has 1 aliphatic rings. The van der Waals surface area contributed by atoms with E-state index < -0.39 is 34.0 Å². The van der Waals surface area contributed by atoms with E-state index in [1.54, 1.807) is 19.1 Å². The lowest BCUT2D eigenvalue weighted by Gasteiger charge is -2.38. The summed E-state index contributed by atoms with van der Waals surface area (Å²) in [7, 11) is -2.53. The molecule has 0 bridgehead atoms. The lowest BCUT2D eigenvalue weighted by atomic mass is 9.99. The summed E-state index contributed by atoms with van der Waals surface area (Å²) in [6.45, 7) is 7.07. The van der Waals surface area contributed by atoms with E-state index in [4.69, 9.17) is 4.74 Å². The Balaban J connectivity index is 1.94. The van der Waals surface area contributed by atoms with Crippen LogP contribution in [-0.2, 0) is 10.0 Å². The fraction of sp³-hybridized carbons (Fsp3) is 0.462. The Labute approximate surface area is 222 Å². The maximum absolute atomic E-state index is 13.5. The molecule has 3 rings (SSSR count). The molecule has 0 aromatic heterocycles. The molecule has 38 heavy (non-hydrogen) atoms. The number of hydrogen-bond donors (Lipinski definition) is 3. The average molecular weight is 551 g/mol. The van der Waals surface area contributed by atoms with Gasteiger partial charge in [0.2, 0.25) is 10.0 Å². The van der Waals surface area contributed by atoms with Crippen LogP contribution >= 0.6 is 0 Å². The van der Waals surface area contributed by atoms with E-state index >= 15 is 0 Å². The number of nitrogens with zero attached hydrogens (tertiary/aromatic N) is 2. The van der Waals surface area contributed by atoms with E-state index in [0.29, 0.717) is 5.69 Å². The molecule has 1 heterocycles. The van der Waals surface area contributed by atoms with E-state index in [0.717, 1.165) is 16.4 Å². The van der Waals surface area contributed by atoms with E-state index in [9.17, 15) is 27.5 Å². The number of fused-ring (bicyclic) bond motifs is 1. The number of carbonyl (C=O) groups is 2. The Bertz CT molecular complexity index is 1250. The highest BCUT2D eigenvalue weighted by molar-refractivity contribution is 7.89. The van der Waals surface area contributed by atoms with Crippen LogP contribution in [0.5, 0.6) is 5.75 Å². The van der Waals surface area contributed by atoms with Crippen molar-refractivity contribution in [3.05, 3.63) is 53.8 Å². The van der Waals surface area contributed by atoms with Gasteiger partial charge in [0.1, 0.15) is 17.7 Å². The lowest BCUT2D eigenvalue weighted by molar-refractivity contribution is 0.0387. The highest BCUT2D eigenvalue weighted by Gasteiger charge is 2.35. The first kappa shape index (κ1) is 29.3. The van der Waals surface area contributed by atoms with Gasteiger partial charge >= 0.3 is 6.03 Å². The van der Waals surface area contributed by atoms with Crippen molar-refractivity contribution >= 4 is 27.6 Å². The van der Waals surface area contributed by atoms with Crippen LogP contribution in [0.4, 0.5) is 14.9 Å². The molecule has 3 unspecified atom stereocenters. The van der Waals surface area contributed by atoms with Gasteiger partial charge in [0.25, 0.3) is 5.91 Å². The predicted molar refractivity (Wildman–Crippen MR) is 141 cm³/mol. The Hall–Kier alpha value is -3.22. The molecule has 0 fully saturated rings. The smallest absolute Gasteiger partial charge is 0.319 e. The molecule has 208 valence electrons. The molecule has 12 heteroatoms. The number of hydrogen-bond acceptors (Lipinski definition) is 6. The second kappa shape index (κ2) is 12.1. The van der Waals surface area contributed by atoms with Gasteiger partial charge in [-0.1, -0.05) is 6.92 Å². The van der Waals surface area contributed by atoms with E-state index in [1.807, 2.05) is 20.8 Å². The van der Waals surface area contributed by atoms with Gasteiger partial charge in [-0.15, -0.1) is 0 Å². The monoisotopic (exact) mass is 550 g/mol. The zero-order valence-corrected chi connectivity index (χ0v) is 23.0. The van der Waals surface area contributed by atoms with Gasteiger partial charge in [-0.2, -0.15) is 4.31 Å². The molecule has 0 radical (unpaired) electrons. The molecule has 0 aliphatic carbocycles. The topological polar surface area (TPSA) is 128 Å². The largest absolute Gasteiger partial charge is 0.488 e. The number of likely N-dealkylation sites (N-methyl/N-ethyl adjacent to an activating group) is 1. The van der Waals surface area contributed by atoms with Crippen LogP contribution < -0.4 is 15.4 Å². The van der Waals surface area contributed by atoms with Gasteiger partial charge in [0.15, 0.2) is 0 Å². The number of sulfonamides is 1. The van der Waals surface area contributed by atoms with Gasteiger partial charge in [-0.25, -0.2) is 17.6 Å². The first-order valence-corrected chi connectivity index (χ1v) is 13.8. The molecule has 1 aliphatic heterocycles. The van der Waals surface area contributed by atoms with Gasteiger partial charge < -0.3 is 25.4 Å². The van der Waals surface area contributed by atoms with Gasteiger partial charge in [0, 0.05) is 31.2 Å². The van der Waals surface area contributed by atoms with Crippen molar-refractivity contribution in [1.29, 1.82) is 0 Å². The predicted octanol–water partition coefficient (Wildman–Crippen LogP) is 2.90. The van der Waals surface area contributed by atoms with Crippen LogP contribution in [0.25, 0.3) is 0 Å². The molecule has 3 atom stereocenters. The van der Waals surface area contributed by atoms with Crippen LogP contribution in [0, 0.1) is 11.7 Å². The van der Waals surface area contributed by atoms with E-state index in [2.05, 4.69) is 10.6 Å². The second-order valence-electron chi connectivity index (χ2n) is 9.83. The zero-order valence-electron chi connectivity index (χ0n) is 22.1. The maximum atomic E-state index is 13.5. The molecule has 2 aromatic rings. The summed E-state index contributed by atoms with van der Waals surface area (Å²) in [6, 6.07) is 8.18. The third-order valence-corrected chi connectivity index (χ3v) is 8.14. The minimum atomic E-state index is -3.94. The van der Waals surface area contributed by atoms with Crippen LogP contribution in [0.3, 0.4) is 0 Å². The third kappa shape index (κ3) is 6.80. The number of rotatable bonds is 8. The standard InChI is InChI=1S/C26H35FN4O6S/c1-16(2)28-26(34)29-20-8-11-23-22(12-20)25(33)31(18(4)15-32)13-17(3)24(37-23)14-30(5)38(35,36)21-9-6-19(27)7-10-21/h6-12,16-18,24,32H,13-15H2,1-5H3,(H2,28,29,34). The highest BCUT2D eigenvalue weighted by atomic mass is 32.2. The minimum Gasteiger partial charge on any atom is -0.488 e.